The number of hydrogen-bond acceptors (Lipinski definition) is 3. The van der Waals surface area contributed by atoms with E-state index in [9.17, 15) is 4.79 Å². The first-order valence-electron chi connectivity index (χ1n) is 11.6. The predicted octanol–water partition coefficient (Wildman–Crippen LogP) is 4.35. The fourth-order valence-electron chi connectivity index (χ4n) is 5.02. The third-order valence-electron chi connectivity index (χ3n) is 7.12. The third-order valence-corrected chi connectivity index (χ3v) is 7.12. The highest BCUT2D eigenvalue weighted by Crippen LogP contribution is 2.58. The number of carbonyl (C=O) groups excluding carboxylic acids is 1. The SMILES string of the molecule is Bc1ccc2cc(-c3cnc([C@@H]4CC5(CC5)CN4C(=O)OCc4ccccc4)[nH]3)ccc2c1. The number of aromatic amines is 1. The molecule has 1 aliphatic heterocycles. The maximum Gasteiger partial charge on any atom is 0.410 e. The summed E-state index contributed by atoms with van der Waals surface area (Å²) in [5.74, 6) is 0.842. The molecular weight excluding hydrogens is 409 g/mol. The molecule has 1 spiro atoms. The van der Waals surface area contributed by atoms with E-state index in [4.69, 9.17) is 9.72 Å². The lowest BCUT2D eigenvalue weighted by Gasteiger charge is -2.22. The van der Waals surface area contributed by atoms with Gasteiger partial charge in [-0.05, 0) is 47.1 Å². The van der Waals surface area contributed by atoms with Gasteiger partial charge in [-0.25, -0.2) is 9.78 Å². The Balaban J connectivity index is 1.23. The van der Waals surface area contributed by atoms with Gasteiger partial charge in [0.2, 0.25) is 0 Å². The number of aromatic nitrogens is 2. The number of benzene rings is 3. The molecule has 1 saturated carbocycles. The van der Waals surface area contributed by atoms with Crippen molar-refractivity contribution in [3.05, 3.63) is 84.3 Å². The Bertz CT molecular complexity index is 1330. The van der Waals surface area contributed by atoms with Gasteiger partial charge in [0, 0.05) is 12.1 Å². The molecule has 0 bridgehead atoms. The van der Waals surface area contributed by atoms with Crippen molar-refractivity contribution in [1.29, 1.82) is 0 Å². The highest BCUT2D eigenvalue weighted by molar-refractivity contribution is 6.33. The molecule has 6 rings (SSSR count). The molecule has 1 aromatic heterocycles. The van der Waals surface area contributed by atoms with Crippen LogP contribution in [-0.4, -0.2) is 35.4 Å². The lowest BCUT2D eigenvalue weighted by molar-refractivity contribution is 0.0899. The number of ether oxygens (including phenoxy) is 1. The van der Waals surface area contributed by atoms with E-state index in [1.165, 1.54) is 29.1 Å². The summed E-state index contributed by atoms with van der Waals surface area (Å²) in [4.78, 5) is 23.1. The minimum absolute atomic E-state index is 0.0763. The largest absolute Gasteiger partial charge is 0.445 e. The second-order valence-electron chi connectivity index (χ2n) is 9.64. The third kappa shape index (κ3) is 3.90. The standard InChI is InChI=1S/C27H26BN3O2/c28-22-9-8-19-12-21(7-6-20(19)13-22)23-15-29-25(30-23)24-14-27(10-11-27)17-31(24)26(32)33-16-18-4-2-1-3-5-18/h1-9,12-13,15,24H,10-11,14,16-17,28H2,(H,29,30)/t24-/m0/s1. The summed E-state index contributed by atoms with van der Waals surface area (Å²) in [6.45, 7) is 1.03. The van der Waals surface area contributed by atoms with Crippen LogP contribution in [0.25, 0.3) is 22.0 Å². The zero-order valence-corrected chi connectivity index (χ0v) is 18.8. The maximum absolute atomic E-state index is 13.0. The van der Waals surface area contributed by atoms with Crippen molar-refractivity contribution >= 4 is 30.2 Å². The summed E-state index contributed by atoms with van der Waals surface area (Å²) < 4.78 is 5.68. The maximum atomic E-state index is 13.0. The number of carbonyl (C=O) groups is 1. The van der Waals surface area contributed by atoms with Crippen LogP contribution in [0, 0.1) is 5.41 Å². The van der Waals surface area contributed by atoms with E-state index in [-0.39, 0.29) is 24.2 Å². The number of likely N-dealkylation sites (tertiary alicyclic amines) is 1. The second-order valence-corrected chi connectivity index (χ2v) is 9.64. The van der Waals surface area contributed by atoms with E-state index in [0.717, 1.165) is 35.6 Å². The van der Waals surface area contributed by atoms with E-state index in [0.29, 0.717) is 0 Å². The van der Waals surface area contributed by atoms with Crippen LogP contribution >= 0.6 is 0 Å². The van der Waals surface area contributed by atoms with E-state index in [1.54, 1.807) is 0 Å². The lowest BCUT2D eigenvalue weighted by atomic mass is 9.93. The summed E-state index contributed by atoms with van der Waals surface area (Å²) in [5.41, 5.74) is 4.57. The molecule has 1 N–H and O–H groups in total. The Hall–Kier alpha value is -3.54. The number of rotatable bonds is 4. The number of amides is 1. The average Bonchev–Trinajstić information content (AvgIpc) is 3.24. The molecule has 1 amide bonds. The van der Waals surface area contributed by atoms with Crippen LogP contribution in [0.1, 0.15) is 36.7 Å². The fourth-order valence-corrected chi connectivity index (χ4v) is 5.02. The zero-order valence-electron chi connectivity index (χ0n) is 18.8. The van der Waals surface area contributed by atoms with Gasteiger partial charge in [-0.2, -0.15) is 0 Å². The summed E-state index contributed by atoms with van der Waals surface area (Å²) in [6.07, 6.45) is 4.91. The van der Waals surface area contributed by atoms with Crippen molar-refractivity contribution in [1.82, 2.24) is 14.9 Å². The summed E-state index contributed by atoms with van der Waals surface area (Å²) in [7, 11) is 2.11. The Morgan fingerprint density at radius 1 is 1.09 bits per heavy atom. The van der Waals surface area contributed by atoms with Crippen molar-refractivity contribution in [3.63, 3.8) is 0 Å². The zero-order chi connectivity index (χ0) is 22.4. The van der Waals surface area contributed by atoms with Gasteiger partial charge in [0.15, 0.2) is 0 Å². The number of nitrogens with one attached hydrogen (secondary N) is 1. The Labute approximate surface area is 194 Å². The van der Waals surface area contributed by atoms with Crippen molar-refractivity contribution in [2.75, 3.05) is 6.54 Å². The molecular formula is C27H26BN3O2. The van der Waals surface area contributed by atoms with Gasteiger partial charge in [0.05, 0.1) is 17.9 Å². The first kappa shape index (κ1) is 20.1. The second kappa shape index (κ2) is 7.80. The minimum Gasteiger partial charge on any atom is -0.445 e. The van der Waals surface area contributed by atoms with Crippen molar-refractivity contribution in [2.24, 2.45) is 5.41 Å². The van der Waals surface area contributed by atoms with Crippen LogP contribution in [0.5, 0.6) is 0 Å². The Morgan fingerprint density at radius 2 is 1.88 bits per heavy atom. The molecule has 2 fully saturated rings. The molecule has 4 aromatic rings. The van der Waals surface area contributed by atoms with Gasteiger partial charge in [0.25, 0.3) is 0 Å². The van der Waals surface area contributed by atoms with Crippen molar-refractivity contribution < 1.29 is 9.53 Å². The van der Waals surface area contributed by atoms with Gasteiger partial charge in [0.1, 0.15) is 20.3 Å². The molecule has 3 aromatic carbocycles. The van der Waals surface area contributed by atoms with Crippen LogP contribution in [0.2, 0.25) is 0 Å². The minimum atomic E-state index is -0.258. The molecule has 164 valence electrons. The predicted molar refractivity (Wildman–Crippen MR) is 132 cm³/mol. The Morgan fingerprint density at radius 3 is 2.70 bits per heavy atom. The van der Waals surface area contributed by atoms with Crippen molar-refractivity contribution in [2.45, 2.75) is 31.9 Å². The molecule has 0 unspecified atom stereocenters. The first-order chi connectivity index (χ1) is 16.1. The summed E-state index contributed by atoms with van der Waals surface area (Å²) in [6, 6.07) is 22.7. The van der Waals surface area contributed by atoms with Crippen LogP contribution < -0.4 is 5.46 Å². The van der Waals surface area contributed by atoms with Gasteiger partial charge >= 0.3 is 6.09 Å². The van der Waals surface area contributed by atoms with Gasteiger partial charge < -0.3 is 9.72 Å². The quantitative estimate of drug-likeness (QED) is 0.485. The monoisotopic (exact) mass is 435 g/mol. The molecule has 2 heterocycles. The first-order valence-corrected chi connectivity index (χ1v) is 11.6. The number of nitrogens with zero attached hydrogens (tertiary/aromatic N) is 2. The topological polar surface area (TPSA) is 58.2 Å². The van der Waals surface area contributed by atoms with Gasteiger partial charge in [-0.1, -0.05) is 66.1 Å². The highest BCUT2D eigenvalue weighted by Gasteiger charge is 2.54. The molecule has 1 atom stereocenters. The average molecular weight is 435 g/mol. The van der Waals surface area contributed by atoms with Crippen LogP contribution in [0.3, 0.4) is 0 Å². The van der Waals surface area contributed by atoms with Crippen LogP contribution in [0.4, 0.5) is 4.79 Å². The number of H-pyrrole nitrogens is 1. The molecule has 6 heteroatoms. The van der Waals surface area contributed by atoms with E-state index in [2.05, 4.69) is 49.2 Å². The summed E-state index contributed by atoms with van der Waals surface area (Å²) in [5, 5.41) is 2.44. The lowest BCUT2D eigenvalue weighted by Crippen LogP contribution is -2.32. The number of imidazole rings is 1. The molecule has 2 aliphatic rings. The highest BCUT2D eigenvalue weighted by atomic mass is 16.6. The van der Waals surface area contributed by atoms with E-state index < -0.39 is 0 Å². The number of fused-ring (bicyclic) bond motifs is 1. The van der Waals surface area contributed by atoms with E-state index >= 15 is 0 Å². The normalized spacial score (nSPS) is 18.7. The molecule has 33 heavy (non-hydrogen) atoms. The van der Waals surface area contributed by atoms with E-state index in [1.807, 2.05) is 41.4 Å². The molecule has 1 saturated heterocycles. The fraction of sp³-hybridized carbons (Fsp3) is 0.259. The van der Waals surface area contributed by atoms with Crippen LogP contribution in [-0.2, 0) is 11.3 Å². The van der Waals surface area contributed by atoms with Gasteiger partial charge in [-0.3, -0.25) is 4.90 Å². The summed E-state index contributed by atoms with van der Waals surface area (Å²) >= 11 is 0. The van der Waals surface area contributed by atoms with Crippen LogP contribution in [0.15, 0.2) is 72.9 Å². The van der Waals surface area contributed by atoms with Crippen molar-refractivity contribution in [3.8, 4) is 11.3 Å². The Kier molecular flexibility index (Phi) is 4.75. The molecule has 5 nitrogen and oxygen atoms in total. The molecule has 1 aliphatic carbocycles. The molecule has 0 radical (unpaired) electrons. The smallest absolute Gasteiger partial charge is 0.410 e. The van der Waals surface area contributed by atoms with Gasteiger partial charge in [-0.15, -0.1) is 0 Å². The number of hydrogen-bond donors (Lipinski definition) is 1.